The van der Waals surface area contributed by atoms with E-state index >= 15 is 0 Å². The fourth-order valence-corrected chi connectivity index (χ4v) is 2.55. The van der Waals surface area contributed by atoms with Crippen molar-refractivity contribution < 1.29 is 4.79 Å². The molecule has 1 aromatic rings. The Morgan fingerprint density at radius 3 is 2.47 bits per heavy atom. The summed E-state index contributed by atoms with van der Waals surface area (Å²) < 4.78 is 1.01. The topological polar surface area (TPSA) is 29.1 Å². The molecule has 2 rings (SSSR count). The predicted octanol–water partition coefficient (Wildman–Crippen LogP) is 3.55. The van der Waals surface area contributed by atoms with E-state index in [0.29, 0.717) is 12.6 Å². The van der Waals surface area contributed by atoms with Crippen LogP contribution in [0.1, 0.15) is 42.5 Å². The molecular weight excluding hydrogens is 278 g/mol. The second-order valence-corrected chi connectivity index (χ2v) is 5.56. The maximum atomic E-state index is 11.9. The van der Waals surface area contributed by atoms with Gasteiger partial charge in [-0.05, 0) is 25.0 Å². The summed E-state index contributed by atoms with van der Waals surface area (Å²) in [5.41, 5.74) is 0.788. The third-order valence-electron chi connectivity index (χ3n) is 3.32. The smallest absolute Gasteiger partial charge is 0.176 e. The zero-order chi connectivity index (χ0) is 12.1. The van der Waals surface area contributed by atoms with Crippen LogP contribution in [0, 0.1) is 0 Å². The molecule has 2 nitrogen and oxygen atoms in total. The average Bonchev–Trinajstić information content (AvgIpc) is 2.38. The molecule has 0 heterocycles. The minimum Gasteiger partial charge on any atom is -0.307 e. The number of rotatable bonds is 4. The van der Waals surface area contributed by atoms with Crippen molar-refractivity contribution in [3.05, 3.63) is 34.3 Å². The largest absolute Gasteiger partial charge is 0.307 e. The van der Waals surface area contributed by atoms with Crippen molar-refractivity contribution in [1.82, 2.24) is 5.32 Å². The third kappa shape index (κ3) is 3.93. The number of ketones is 1. The highest BCUT2D eigenvalue weighted by Crippen LogP contribution is 2.17. The molecule has 1 N–H and O–H groups in total. The fourth-order valence-electron chi connectivity index (χ4n) is 2.28. The van der Waals surface area contributed by atoms with Gasteiger partial charge in [0.15, 0.2) is 5.78 Å². The Morgan fingerprint density at radius 2 is 1.82 bits per heavy atom. The van der Waals surface area contributed by atoms with E-state index in [4.69, 9.17) is 0 Å². The number of benzene rings is 1. The SMILES string of the molecule is O=C(CNC1CCCCC1)c1ccc(Br)cc1. The van der Waals surface area contributed by atoms with Crippen LogP contribution in [0.5, 0.6) is 0 Å². The molecule has 92 valence electrons. The Kier molecular flexibility index (Phi) is 4.75. The molecule has 1 saturated carbocycles. The van der Waals surface area contributed by atoms with Gasteiger partial charge >= 0.3 is 0 Å². The van der Waals surface area contributed by atoms with Gasteiger partial charge in [-0.25, -0.2) is 0 Å². The molecule has 0 amide bonds. The number of carbonyl (C=O) groups excluding carboxylic acids is 1. The second kappa shape index (κ2) is 6.31. The van der Waals surface area contributed by atoms with Gasteiger partial charge in [0.25, 0.3) is 0 Å². The normalized spacial score (nSPS) is 17.0. The standard InChI is InChI=1S/C14H18BrNO/c15-12-8-6-11(7-9-12)14(17)10-16-13-4-2-1-3-5-13/h6-9,13,16H,1-5,10H2. The average molecular weight is 296 g/mol. The molecule has 0 aliphatic heterocycles. The Hall–Kier alpha value is -0.670. The molecule has 3 heteroatoms. The molecule has 0 unspecified atom stereocenters. The minimum absolute atomic E-state index is 0.183. The number of nitrogens with one attached hydrogen (secondary N) is 1. The number of hydrogen-bond acceptors (Lipinski definition) is 2. The van der Waals surface area contributed by atoms with Gasteiger partial charge in [0.1, 0.15) is 0 Å². The van der Waals surface area contributed by atoms with E-state index in [-0.39, 0.29) is 5.78 Å². The molecular formula is C14H18BrNO. The van der Waals surface area contributed by atoms with E-state index in [1.54, 1.807) is 0 Å². The van der Waals surface area contributed by atoms with Crippen LogP contribution >= 0.6 is 15.9 Å². The summed E-state index contributed by atoms with van der Waals surface area (Å²) in [7, 11) is 0. The van der Waals surface area contributed by atoms with Crippen LogP contribution < -0.4 is 5.32 Å². The van der Waals surface area contributed by atoms with Crippen molar-refractivity contribution in [2.24, 2.45) is 0 Å². The number of hydrogen-bond donors (Lipinski definition) is 1. The number of halogens is 1. The maximum absolute atomic E-state index is 11.9. The monoisotopic (exact) mass is 295 g/mol. The number of carbonyl (C=O) groups is 1. The van der Waals surface area contributed by atoms with Crippen LogP contribution in [0.3, 0.4) is 0 Å². The fraction of sp³-hybridized carbons (Fsp3) is 0.500. The van der Waals surface area contributed by atoms with Gasteiger partial charge < -0.3 is 5.32 Å². The van der Waals surface area contributed by atoms with E-state index in [1.165, 1.54) is 32.1 Å². The van der Waals surface area contributed by atoms with Gasteiger partial charge in [-0.15, -0.1) is 0 Å². The van der Waals surface area contributed by atoms with Crippen molar-refractivity contribution >= 4 is 21.7 Å². The lowest BCUT2D eigenvalue weighted by Crippen LogP contribution is -2.35. The van der Waals surface area contributed by atoms with Gasteiger partial charge in [0.2, 0.25) is 0 Å². The summed E-state index contributed by atoms with van der Waals surface area (Å²) in [5.74, 6) is 0.183. The number of Topliss-reactive ketones (excluding diaryl/α,β-unsaturated/α-hetero) is 1. The lowest BCUT2D eigenvalue weighted by atomic mass is 9.95. The molecule has 1 aliphatic rings. The van der Waals surface area contributed by atoms with Gasteiger partial charge in [-0.1, -0.05) is 47.3 Å². The molecule has 0 radical (unpaired) electrons. The predicted molar refractivity (Wildman–Crippen MR) is 73.3 cm³/mol. The molecule has 0 saturated heterocycles. The quantitative estimate of drug-likeness (QED) is 0.861. The first-order chi connectivity index (χ1) is 8.25. The Morgan fingerprint density at radius 1 is 1.18 bits per heavy atom. The molecule has 0 spiro atoms. The summed E-state index contributed by atoms with van der Waals surface area (Å²) in [6.07, 6.45) is 6.37. The van der Waals surface area contributed by atoms with E-state index in [2.05, 4.69) is 21.2 Å². The zero-order valence-corrected chi connectivity index (χ0v) is 11.5. The molecule has 1 aromatic carbocycles. The van der Waals surface area contributed by atoms with Crippen molar-refractivity contribution in [2.45, 2.75) is 38.1 Å². The zero-order valence-electron chi connectivity index (χ0n) is 9.92. The maximum Gasteiger partial charge on any atom is 0.176 e. The highest BCUT2D eigenvalue weighted by atomic mass is 79.9. The van der Waals surface area contributed by atoms with Crippen LogP contribution in [0.2, 0.25) is 0 Å². The van der Waals surface area contributed by atoms with Crippen molar-refractivity contribution in [2.75, 3.05) is 6.54 Å². The summed E-state index contributed by atoms with van der Waals surface area (Å²) in [5, 5.41) is 3.37. The lowest BCUT2D eigenvalue weighted by Gasteiger charge is -2.22. The van der Waals surface area contributed by atoms with Gasteiger partial charge in [-0.3, -0.25) is 4.79 Å². The Labute approximate surface area is 111 Å². The first-order valence-corrected chi connectivity index (χ1v) is 7.07. The summed E-state index contributed by atoms with van der Waals surface area (Å²) in [6, 6.07) is 8.11. The van der Waals surface area contributed by atoms with E-state index in [9.17, 15) is 4.79 Å². The van der Waals surface area contributed by atoms with E-state index in [1.807, 2.05) is 24.3 Å². The van der Waals surface area contributed by atoms with Crippen molar-refractivity contribution in [1.29, 1.82) is 0 Å². The summed E-state index contributed by atoms with van der Waals surface area (Å²) in [4.78, 5) is 11.9. The van der Waals surface area contributed by atoms with Crippen molar-refractivity contribution in [3.63, 3.8) is 0 Å². The minimum atomic E-state index is 0.183. The summed E-state index contributed by atoms with van der Waals surface area (Å²) in [6.45, 7) is 0.465. The van der Waals surface area contributed by atoms with Crippen LogP contribution in [0.4, 0.5) is 0 Å². The van der Waals surface area contributed by atoms with E-state index in [0.717, 1.165) is 10.0 Å². The lowest BCUT2D eigenvalue weighted by molar-refractivity contribution is 0.0984. The van der Waals surface area contributed by atoms with Crippen LogP contribution in [-0.4, -0.2) is 18.4 Å². The molecule has 0 atom stereocenters. The third-order valence-corrected chi connectivity index (χ3v) is 3.85. The summed E-state index contributed by atoms with van der Waals surface area (Å²) >= 11 is 3.37. The first-order valence-electron chi connectivity index (χ1n) is 6.28. The Balaban J connectivity index is 1.82. The Bertz CT molecular complexity index is 368. The van der Waals surface area contributed by atoms with Gasteiger partial charge in [-0.2, -0.15) is 0 Å². The molecule has 1 fully saturated rings. The molecule has 17 heavy (non-hydrogen) atoms. The second-order valence-electron chi connectivity index (χ2n) is 4.65. The van der Waals surface area contributed by atoms with E-state index < -0.39 is 0 Å². The van der Waals surface area contributed by atoms with Gasteiger partial charge in [0, 0.05) is 16.1 Å². The van der Waals surface area contributed by atoms with Crippen LogP contribution in [-0.2, 0) is 0 Å². The molecule has 0 bridgehead atoms. The highest BCUT2D eigenvalue weighted by molar-refractivity contribution is 9.10. The highest BCUT2D eigenvalue weighted by Gasteiger charge is 2.14. The first kappa shape index (κ1) is 12.8. The van der Waals surface area contributed by atoms with Crippen LogP contribution in [0.25, 0.3) is 0 Å². The van der Waals surface area contributed by atoms with Gasteiger partial charge in [0.05, 0.1) is 6.54 Å². The molecule has 1 aliphatic carbocycles. The molecule has 0 aromatic heterocycles. The van der Waals surface area contributed by atoms with Crippen LogP contribution in [0.15, 0.2) is 28.7 Å². The van der Waals surface area contributed by atoms with Crippen molar-refractivity contribution in [3.8, 4) is 0 Å².